The highest BCUT2D eigenvalue weighted by atomic mass is 19.2. The highest BCUT2D eigenvalue weighted by molar-refractivity contribution is 5.34. The van der Waals surface area contributed by atoms with Crippen molar-refractivity contribution in [2.24, 2.45) is 0 Å². The number of halogens is 3. The van der Waals surface area contributed by atoms with Crippen molar-refractivity contribution < 1.29 is 18.3 Å². The molecule has 0 amide bonds. The predicted molar refractivity (Wildman–Crippen MR) is 45.5 cm³/mol. The number of aromatic hydroxyl groups is 1. The van der Waals surface area contributed by atoms with E-state index in [0.717, 1.165) is 6.07 Å². The summed E-state index contributed by atoms with van der Waals surface area (Å²) in [5.74, 6) is -5.23. The third-order valence-electron chi connectivity index (χ3n) is 2.06. The Hall–Kier alpha value is -1.23. The summed E-state index contributed by atoms with van der Waals surface area (Å²) in [5, 5.41) is 11.6. The van der Waals surface area contributed by atoms with E-state index in [2.05, 4.69) is 5.32 Å². The van der Waals surface area contributed by atoms with Gasteiger partial charge >= 0.3 is 0 Å². The molecular formula is C9H10F3NO. The standard InChI is InChI=1S/C9H10F3NO/c1-4(13-2)5-3-6(10)8(12)9(14)7(5)11/h3-4,13-14H,1-2H3/t4-/m1/s1. The summed E-state index contributed by atoms with van der Waals surface area (Å²) in [4.78, 5) is 0. The molecule has 1 aromatic rings. The molecule has 14 heavy (non-hydrogen) atoms. The summed E-state index contributed by atoms with van der Waals surface area (Å²) in [6.07, 6.45) is 0. The van der Waals surface area contributed by atoms with Crippen LogP contribution < -0.4 is 5.32 Å². The molecule has 0 aliphatic rings. The van der Waals surface area contributed by atoms with Gasteiger partial charge in [-0.3, -0.25) is 0 Å². The van der Waals surface area contributed by atoms with E-state index in [1.807, 2.05) is 0 Å². The van der Waals surface area contributed by atoms with Crippen LogP contribution in [0.25, 0.3) is 0 Å². The molecule has 2 N–H and O–H groups in total. The molecule has 5 heteroatoms. The van der Waals surface area contributed by atoms with Crippen LogP contribution >= 0.6 is 0 Å². The number of nitrogens with one attached hydrogen (secondary N) is 1. The molecule has 0 aliphatic heterocycles. The van der Waals surface area contributed by atoms with Gasteiger partial charge in [0.2, 0.25) is 5.82 Å². The summed E-state index contributed by atoms with van der Waals surface area (Å²) < 4.78 is 38.6. The molecule has 0 aliphatic carbocycles. The predicted octanol–water partition coefficient (Wildman–Crippen LogP) is 2.09. The van der Waals surface area contributed by atoms with Crippen LogP contribution in [0.4, 0.5) is 13.2 Å². The fourth-order valence-electron chi connectivity index (χ4n) is 1.08. The van der Waals surface area contributed by atoms with Gasteiger partial charge in [-0.05, 0) is 20.0 Å². The lowest BCUT2D eigenvalue weighted by Gasteiger charge is -2.12. The minimum absolute atomic E-state index is 0.107. The molecule has 1 rings (SSSR count). The van der Waals surface area contributed by atoms with Crippen molar-refractivity contribution >= 4 is 0 Å². The van der Waals surface area contributed by atoms with E-state index in [0.29, 0.717) is 0 Å². The molecule has 0 saturated heterocycles. The van der Waals surface area contributed by atoms with Crippen molar-refractivity contribution in [3.05, 3.63) is 29.1 Å². The van der Waals surface area contributed by atoms with Gasteiger partial charge in [-0.2, -0.15) is 4.39 Å². The van der Waals surface area contributed by atoms with Crippen molar-refractivity contribution in [2.75, 3.05) is 7.05 Å². The summed E-state index contributed by atoms with van der Waals surface area (Å²) in [5.41, 5.74) is -0.107. The molecule has 78 valence electrons. The molecule has 0 fully saturated rings. The Morgan fingerprint density at radius 3 is 2.36 bits per heavy atom. The first-order valence-electron chi connectivity index (χ1n) is 4.02. The lowest BCUT2D eigenvalue weighted by molar-refractivity contribution is 0.369. The van der Waals surface area contributed by atoms with E-state index in [4.69, 9.17) is 5.11 Å². The number of rotatable bonds is 2. The van der Waals surface area contributed by atoms with Crippen molar-refractivity contribution in [1.29, 1.82) is 0 Å². The molecule has 0 saturated carbocycles. The lowest BCUT2D eigenvalue weighted by atomic mass is 10.1. The quantitative estimate of drug-likeness (QED) is 0.724. The fraction of sp³-hybridized carbons (Fsp3) is 0.333. The third-order valence-corrected chi connectivity index (χ3v) is 2.06. The first-order chi connectivity index (χ1) is 6.49. The van der Waals surface area contributed by atoms with Gasteiger partial charge in [0, 0.05) is 11.6 Å². The maximum Gasteiger partial charge on any atom is 0.203 e. The van der Waals surface area contributed by atoms with Gasteiger partial charge in [-0.25, -0.2) is 8.78 Å². The summed E-state index contributed by atoms with van der Waals surface area (Å²) in [7, 11) is 1.54. The zero-order valence-electron chi connectivity index (χ0n) is 7.74. The SMILES string of the molecule is CN[C@H](C)c1cc(F)c(F)c(O)c1F. The lowest BCUT2D eigenvalue weighted by Crippen LogP contribution is -2.14. The first kappa shape index (κ1) is 10.8. The van der Waals surface area contributed by atoms with Gasteiger partial charge in [-0.15, -0.1) is 0 Å². The van der Waals surface area contributed by atoms with Gasteiger partial charge in [0.25, 0.3) is 0 Å². The molecular weight excluding hydrogens is 195 g/mol. The minimum atomic E-state index is -1.56. The van der Waals surface area contributed by atoms with Crippen molar-refractivity contribution in [1.82, 2.24) is 5.32 Å². The number of phenols is 1. The number of hydrogen-bond donors (Lipinski definition) is 2. The van der Waals surface area contributed by atoms with Crippen LogP contribution in [0.2, 0.25) is 0 Å². The second-order valence-corrected chi connectivity index (χ2v) is 2.93. The smallest absolute Gasteiger partial charge is 0.203 e. The van der Waals surface area contributed by atoms with Crippen LogP contribution in [-0.4, -0.2) is 12.2 Å². The Kier molecular flexibility index (Phi) is 3.00. The van der Waals surface area contributed by atoms with Gasteiger partial charge < -0.3 is 10.4 Å². The van der Waals surface area contributed by atoms with Crippen molar-refractivity contribution in [3.63, 3.8) is 0 Å². The topological polar surface area (TPSA) is 32.3 Å². The van der Waals surface area contributed by atoms with Crippen LogP contribution in [0.3, 0.4) is 0 Å². The summed E-state index contributed by atoms with van der Waals surface area (Å²) in [6, 6.07) is 0.224. The van der Waals surface area contributed by atoms with Crippen LogP contribution in [-0.2, 0) is 0 Å². The second-order valence-electron chi connectivity index (χ2n) is 2.93. The molecule has 0 bridgehead atoms. The van der Waals surface area contributed by atoms with Crippen LogP contribution in [0.5, 0.6) is 5.75 Å². The Morgan fingerprint density at radius 2 is 1.86 bits per heavy atom. The normalized spacial score (nSPS) is 12.9. The van der Waals surface area contributed by atoms with Gasteiger partial charge in [0.1, 0.15) is 0 Å². The Labute approximate surface area is 79.4 Å². The molecule has 1 aromatic carbocycles. The summed E-state index contributed by atoms with van der Waals surface area (Å²) >= 11 is 0. The number of benzene rings is 1. The highest BCUT2D eigenvalue weighted by Gasteiger charge is 2.20. The molecule has 0 unspecified atom stereocenters. The maximum absolute atomic E-state index is 13.2. The van der Waals surface area contributed by atoms with E-state index in [-0.39, 0.29) is 5.56 Å². The van der Waals surface area contributed by atoms with Crippen molar-refractivity contribution in [3.8, 4) is 5.75 Å². The average Bonchev–Trinajstić information content (AvgIpc) is 2.19. The van der Waals surface area contributed by atoms with E-state index >= 15 is 0 Å². The van der Waals surface area contributed by atoms with Crippen LogP contribution in [0.15, 0.2) is 6.07 Å². The first-order valence-corrected chi connectivity index (χ1v) is 4.02. The molecule has 1 atom stereocenters. The van der Waals surface area contributed by atoms with Gasteiger partial charge in [-0.1, -0.05) is 0 Å². The minimum Gasteiger partial charge on any atom is -0.503 e. The number of phenolic OH excluding ortho intramolecular Hbond substituents is 1. The fourth-order valence-corrected chi connectivity index (χ4v) is 1.08. The molecule has 0 aromatic heterocycles. The largest absolute Gasteiger partial charge is 0.503 e. The zero-order chi connectivity index (χ0) is 10.9. The average molecular weight is 205 g/mol. The molecule has 0 spiro atoms. The third kappa shape index (κ3) is 1.68. The molecule has 2 nitrogen and oxygen atoms in total. The molecule has 0 radical (unpaired) electrons. The second kappa shape index (κ2) is 3.88. The number of hydrogen-bond acceptors (Lipinski definition) is 2. The van der Waals surface area contributed by atoms with E-state index in [9.17, 15) is 13.2 Å². The Balaban J connectivity index is 3.33. The maximum atomic E-state index is 13.2. The van der Waals surface area contributed by atoms with E-state index < -0.39 is 29.2 Å². The highest BCUT2D eigenvalue weighted by Crippen LogP contribution is 2.28. The zero-order valence-corrected chi connectivity index (χ0v) is 7.74. The van der Waals surface area contributed by atoms with Crippen molar-refractivity contribution in [2.45, 2.75) is 13.0 Å². The molecule has 0 heterocycles. The van der Waals surface area contributed by atoms with Gasteiger partial charge in [0.05, 0.1) is 0 Å². The van der Waals surface area contributed by atoms with Crippen LogP contribution in [0, 0.1) is 17.5 Å². The summed E-state index contributed by atoms with van der Waals surface area (Å²) in [6.45, 7) is 1.56. The van der Waals surface area contributed by atoms with Crippen LogP contribution in [0.1, 0.15) is 18.5 Å². The van der Waals surface area contributed by atoms with Gasteiger partial charge in [0.15, 0.2) is 17.4 Å². The van der Waals surface area contributed by atoms with E-state index in [1.54, 1.807) is 14.0 Å². The Morgan fingerprint density at radius 1 is 1.29 bits per heavy atom. The van der Waals surface area contributed by atoms with E-state index in [1.165, 1.54) is 0 Å². The monoisotopic (exact) mass is 205 g/mol. The Bertz CT molecular complexity index is 354.